The third-order valence-electron chi connectivity index (χ3n) is 3.72. The third-order valence-corrected chi connectivity index (χ3v) is 3.72. The van der Waals surface area contributed by atoms with Crippen LogP contribution in [0.5, 0.6) is 0 Å². The van der Waals surface area contributed by atoms with E-state index in [1.54, 1.807) is 0 Å². The Morgan fingerprint density at radius 2 is 1.80 bits per heavy atom. The summed E-state index contributed by atoms with van der Waals surface area (Å²) in [4.78, 5) is 2.06. The minimum atomic E-state index is -0.690. The maximum absolute atomic E-state index is 13.6. The van der Waals surface area contributed by atoms with Crippen LogP contribution < -0.4 is 0 Å². The Labute approximate surface area is 89.9 Å². The number of benzene rings is 1. The van der Waals surface area contributed by atoms with E-state index < -0.39 is 6.30 Å². The molecule has 1 aromatic rings. The Hall–Kier alpha value is -0.890. The molecule has 1 unspecified atom stereocenters. The summed E-state index contributed by atoms with van der Waals surface area (Å²) in [5, 5.41) is 0. The first-order valence-corrected chi connectivity index (χ1v) is 5.81. The van der Waals surface area contributed by atoms with Gasteiger partial charge in [-0.15, -0.1) is 0 Å². The molecule has 0 aromatic heterocycles. The molecular formula is C13H16FN. The molecule has 0 radical (unpaired) electrons. The molecule has 1 aliphatic heterocycles. The quantitative estimate of drug-likeness (QED) is 0.637. The highest BCUT2D eigenvalue weighted by Crippen LogP contribution is 2.30. The van der Waals surface area contributed by atoms with Crippen molar-refractivity contribution in [1.82, 2.24) is 4.90 Å². The van der Waals surface area contributed by atoms with Crippen LogP contribution in [0.4, 0.5) is 4.39 Å². The summed E-state index contributed by atoms with van der Waals surface area (Å²) >= 11 is 0. The van der Waals surface area contributed by atoms with Crippen LogP contribution in [0.2, 0.25) is 0 Å². The van der Waals surface area contributed by atoms with E-state index in [0.29, 0.717) is 6.04 Å². The number of fused-ring (bicyclic) bond motifs is 1. The molecule has 0 spiro atoms. The molecule has 1 heterocycles. The zero-order valence-corrected chi connectivity index (χ0v) is 8.82. The van der Waals surface area contributed by atoms with E-state index >= 15 is 0 Å². The van der Waals surface area contributed by atoms with Gasteiger partial charge in [-0.2, -0.15) is 0 Å². The number of hydrogen-bond acceptors (Lipinski definition) is 1. The Bertz CT molecular complexity index is 338. The zero-order valence-electron chi connectivity index (χ0n) is 8.82. The maximum atomic E-state index is 13.6. The van der Waals surface area contributed by atoms with Gasteiger partial charge in [-0.1, -0.05) is 24.3 Å². The van der Waals surface area contributed by atoms with Crippen molar-refractivity contribution < 1.29 is 4.39 Å². The summed E-state index contributed by atoms with van der Waals surface area (Å²) in [5.41, 5.74) is 2.84. The molecule has 15 heavy (non-hydrogen) atoms. The Morgan fingerprint density at radius 1 is 1.13 bits per heavy atom. The smallest absolute Gasteiger partial charge is 0.153 e. The molecule has 1 fully saturated rings. The predicted molar refractivity (Wildman–Crippen MR) is 58.5 cm³/mol. The van der Waals surface area contributed by atoms with Crippen molar-refractivity contribution in [3.63, 3.8) is 0 Å². The molecule has 1 atom stereocenters. The summed E-state index contributed by atoms with van der Waals surface area (Å²) in [6, 6.07) is 8.94. The second-order valence-corrected chi connectivity index (χ2v) is 4.65. The summed E-state index contributed by atoms with van der Waals surface area (Å²) < 4.78 is 13.6. The average Bonchev–Trinajstić information content (AvgIpc) is 2.82. The maximum Gasteiger partial charge on any atom is 0.153 e. The van der Waals surface area contributed by atoms with Crippen molar-refractivity contribution in [2.24, 2.45) is 0 Å². The number of halogens is 1. The van der Waals surface area contributed by atoms with Crippen LogP contribution in [0.3, 0.4) is 0 Å². The molecule has 2 aliphatic rings. The lowest BCUT2D eigenvalue weighted by Gasteiger charge is -2.25. The van der Waals surface area contributed by atoms with Crippen molar-refractivity contribution in [2.45, 2.75) is 38.0 Å². The van der Waals surface area contributed by atoms with E-state index in [1.165, 1.54) is 11.1 Å². The number of rotatable bonds is 1. The molecule has 0 amide bonds. The van der Waals surface area contributed by atoms with Crippen molar-refractivity contribution in [2.75, 3.05) is 6.54 Å². The fourth-order valence-electron chi connectivity index (χ4n) is 2.93. The van der Waals surface area contributed by atoms with Crippen LogP contribution in [0.1, 0.15) is 24.0 Å². The van der Waals surface area contributed by atoms with E-state index in [4.69, 9.17) is 0 Å². The first-order valence-electron chi connectivity index (χ1n) is 5.81. The minimum Gasteiger partial charge on any atom is -0.270 e. The Balaban J connectivity index is 1.78. The van der Waals surface area contributed by atoms with Gasteiger partial charge in [-0.3, -0.25) is 4.90 Å². The van der Waals surface area contributed by atoms with Gasteiger partial charge < -0.3 is 0 Å². The molecule has 0 saturated carbocycles. The molecule has 0 bridgehead atoms. The van der Waals surface area contributed by atoms with Gasteiger partial charge in [0.15, 0.2) is 6.30 Å². The lowest BCUT2D eigenvalue weighted by molar-refractivity contribution is 0.0858. The standard InChI is InChI=1S/C13H16FN/c14-13-6-3-7-15(13)12-8-10-4-1-2-5-11(10)9-12/h1-2,4-5,12-13H,3,6-9H2. The summed E-state index contributed by atoms with van der Waals surface area (Å²) in [6.45, 7) is 0.944. The topological polar surface area (TPSA) is 3.24 Å². The van der Waals surface area contributed by atoms with Gasteiger partial charge in [-0.25, -0.2) is 4.39 Å². The zero-order chi connectivity index (χ0) is 10.3. The number of nitrogens with zero attached hydrogens (tertiary/aromatic N) is 1. The Morgan fingerprint density at radius 3 is 2.33 bits per heavy atom. The molecule has 0 N–H and O–H groups in total. The fourth-order valence-corrected chi connectivity index (χ4v) is 2.93. The predicted octanol–water partition coefficient (Wildman–Crippen LogP) is 2.55. The van der Waals surface area contributed by atoms with E-state index in [1.807, 2.05) is 0 Å². The van der Waals surface area contributed by atoms with Gasteiger partial charge in [0.1, 0.15) is 0 Å². The van der Waals surface area contributed by atoms with Crippen molar-refractivity contribution in [3.05, 3.63) is 35.4 Å². The average molecular weight is 205 g/mol. The molecule has 1 nitrogen and oxygen atoms in total. The van der Waals surface area contributed by atoms with Crippen LogP contribution >= 0.6 is 0 Å². The number of alkyl halides is 1. The van der Waals surface area contributed by atoms with Gasteiger partial charge in [0.2, 0.25) is 0 Å². The van der Waals surface area contributed by atoms with Gasteiger partial charge in [0.25, 0.3) is 0 Å². The highest BCUT2D eigenvalue weighted by atomic mass is 19.1. The molecule has 1 aromatic carbocycles. The van der Waals surface area contributed by atoms with E-state index in [9.17, 15) is 4.39 Å². The van der Waals surface area contributed by atoms with Crippen LogP contribution in [0.25, 0.3) is 0 Å². The van der Waals surface area contributed by atoms with Crippen LogP contribution in [0.15, 0.2) is 24.3 Å². The first-order chi connectivity index (χ1) is 7.34. The molecular weight excluding hydrogens is 189 g/mol. The van der Waals surface area contributed by atoms with Gasteiger partial charge in [-0.05, 0) is 36.8 Å². The van der Waals surface area contributed by atoms with Crippen LogP contribution in [0, 0.1) is 0 Å². The second-order valence-electron chi connectivity index (χ2n) is 4.65. The largest absolute Gasteiger partial charge is 0.270 e. The molecule has 1 aliphatic carbocycles. The summed E-state index contributed by atoms with van der Waals surface area (Å²) in [5.74, 6) is 0. The molecule has 1 saturated heterocycles. The van der Waals surface area contributed by atoms with Gasteiger partial charge in [0.05, 0.1) is 0 Å². The van der Waals surface area contributed by atoms with Gasteiger partial charge >= 0.3 is 0 Å². The lowest BCUT2D eigenvalue weighted by Crippen LogP contribution is -2.37. The van der Waals surface area contributed by atoms with Crippen molar-refractivity contribution in [1.29, 1.82) is 0 Å². The number of likely N-dealkylation sites (tertiary alicyclic amines) is 1. The minimum absolute atomic E-state index is 0.417. The summed E-state index contributed by atoms with van der Waals surface area (Å²) in [7, 11) is 0. The highest BCUT2D eigenvalue weighted by molar-refractivity contribution is 5.33. The first kappa shape index (κ1) is 9.34. The van der Waals surface area contributed by atoms with E-state index in [-0.39, 0.29) is 0 Å². The second kappa shape index (κ2) is 3.60. The SMILES string of the molecule is FC1CCCN1C1Cc2ccccc2C1. The van der Waals surface area contributed by atoms with Crippen LogP contribution in [-0.2, 0) is 12.8 Å². The summed E-state index contributed by atoms with van der Waals surface area (Å²) in [6.07, 6.45) is 3.14. The van der Waals surface area contributed by atoms with E-state index in [2.05, 4.69) is 29.2 Å². The normalized spacial score (nSPS) is 27.1. The van der Waals surface area contributed by atoms with Gasteiger partial charge in [0, 0.05) is 12.6 Å². The highest BCUT2D eigenvalue weighted by Gasteiger charge is 2.33. The molecule has 2 heteroatoms. The molecule has 80 valence electrons. The molecule has 3 rings (SSSR count). The monoisotopic (exact) mass is 205 g/mol. The fraction of sp³-hybridized carbons (Fsp3) is 0.538. The number of hydrogen-bond donors (Lipinski definition) is 0. The lowest BCUT2D eigenvalue weighted by atomic mass is 10.1. The van der Waals surface area contributed by atoms with Crippen molar-refractivity contribution >= 4 is 0 Å². The van der Waals surface area contributed by atoms with E-state index in [0.717, 1.165) is 32.2 Å². The third kappa shape index (κ3) is 1.57. The Kier molecular flexibility index (Phi) is 2.24. The van der Waals surface area contributed by atoms with Crippen LogP contribution in [-0.4, -0.2) is 23.8 Å². The van der Waals surface area contributed by atoms with Crippen molar-refractivity contribution in [3.8, 4) is 0 Å².